The lowest BCUT2D eigenvalue weighted by Gasteiger charge is -2.18. The standard InChI is InChI=1S/C23H23ClN2O3S/c1-16-5-4-6-21(13-16)25-30(28,29)22-14-19(10-7-17(22)2)23(27)26(3)15-18-8-11-20(24)12-9-18/h4-14,25H,15H2,1-3H3. The Morgan fingerprint density at radius 2 is 1.70 bits per heavy atom. The summed E-state index contributed by atoms with van der Waals surface area (Å²) in [6.07, 6.45) is 0. The molecule has 0 saturated carbocycles. The van der Waals surface area contributed by atoms with Crippen LogP contribution >= 0.6 is 11.6 Å². The van der Waals surface area contributed by atoms with E-state index in [1.54, 1.807) is 56.4 Å². The van der Waals surface area contributed by atoms with Crippen molar-refractivity contribution in [3.63, 3.8) is 0 Å². The predicted molar refractivity (Wildman–Crippen MR) is 120 cm³/mol. The Hall–Kier alpha value is -2.83. The van der Waals surface area contributed by atoms with Crippen molar-refractivity contribution < 1.29 is 13.2 Å². The van der Waals surface area contributed by atoms with Gasteiger partial charge in [0.15, 0.2) is 0 Å². The summed E-state index contributed by atoms with van der Waals surface area (Å²) >= 11 is 5.90. The van der Waals surface area contributed by atoms with Gasteiger partial charge in [0.1, 0.15) is 0 Å². The van der Waals surface area contributed by atoms with Crippen molar-refractivity contribution in [1.29, 1.82) is 0 Å². The van der Waals surface area contributed by atoms with Crippen molar-refractivity contribution in [2.24, 2.45) is 0 Å². The monoisotopic (exact) mass is 442 g/mol. The van der Waals surface area contributed by atoms with Crippen molar-refractivity contribution in [3.05, 3.63) is 94.0 Å². The van der Waals surface area contributed by atoms with Gasteiger partial charge in [0.25, 0.3) is 15.9 Å². The normalized spacial score (nSPS) is 11.2. The number of anilines is 1. The van der Waals surface area contributed by atoms with E-state index in [0.717, 1.165) is 11.1 Å². The number of amides is 1. The van der Waals surface area contributed by atoms with Gasteiger partial charge >= 0.3 is 0 Å². The lowest BCUT2D eigenvalue weighted by Crippen LogP contribution is -2.26. The van der Waals surface area contributed by atoms with Crippen molar-refractivity contribution in [2.75, 3.05) is 11.8 Å². The first-order chi connectivity index (χ1) is 14.2. The number of benzene rings is 3. The summed E-state index contributed by atoms with van der Waals surface area (Å²) < 4.78 is 28.5. The van der Waals surface area contributed by atoms with E-state index >= 15 is 0 Å². The van der Waals surface area contributed by atoms with E-state index in [-0.39, 0.29) is 10.8 Å². The third-order valence-corrected chi connectivity index (χ3v) is 6.45. The molecule has 0 atom stereocenters. The lowest BCUT2D eigenvalue weighted by molar-refractivity contribution is 0.0785. The highest BCUT2D eigenvalue weighted by Gasteiger charge is 2.21. The topological polar surface area (TPSA) is 66.5 Å². The third-order valence-electron chi connectivity index (χ3n) is 4.67. The zero-order valence-electron chi connectivity index (χ0n) is 17.0. The zero-order chi connectivity index (χ0) is 21.9. The Morgan fingerprint density at radius 1 is 1.00 bits per heavy atom. The molecule has 3 aromatic carbocycles. The molecule has 30 heavy (non-hydrogen) atoms. The van der Waals surface area contributed by atoms with E-state index in [0.29, 0.717) is 28.4 Å². The molecule has 0 unspecified atom stereocenters. The fraction of sp³-hybridized carbons (Fsp3) is 0.174. The maximum Gasteiger partial charge on any atom is 0.262 e. The fourth-order valence-electron chi connectivity index (χ4n) is 3.10. The first-order valence-electron chi connectivity index (χ1n) is 9.36. The van der Waals surface area contributed by atoms with Crippen LogP contribution in [0.3, 0.4) is 0 Å². The zero-order valence-corrected chi connectivity index (χ0v) is 18.6. The van der Waals surface area contributed by atoms with Gasteiger partial charge in [0.05, 0.1) is 4.90 Å². The summed E-state index contributed by atoms with van der Waals surface area (Å²) in [5, 5.41) is 0.627. The second kappa shape index (κ2) is 8.90. The van der Waals surface area contributed by atoms with Crippen LogP contribution in [0.25, 0.3) is 0 Å². The van der Waals surface area contributed by atoms with Gasteiger partial charge in [-0.25, -0.2) is 8.42 Å². The number of nitrogens with one attached hydrogen (secondary N) is 1. The second-order valence-electron chi connectivity index (χ2n) is 7.24. The minimum Gasteiger partial charge on any atom is -0.337 e. The molecule has 0 fully saturated rings. The summed E-state index contributed by atoms with van der Waals surface area (Å²) in [4.78, 5) is 14.5. The fourth-order valence-corrected chi connectivity index (χ4v) is 4.54. The van der Waals surface area contributed by atoms with Crippen molar-refractivity contribution in [2.45, 2.75) is 25.3 Å². The number of sulfonamides is 1. The molecule has 7 heteroatoms. The Morgan fingerprint density at radius 3 is 2.37 bits per heavy atom. The molecule has 0 spiro atoms. The lowest BCUT2D eigenvalue weighted by atomic mass is 10.1. The van der Waals surface area contributed by atoms with Crippen LogP contribution in [0.15, 0.2) is 71.6 Å². The van der Waals surface area contributed by atoms with E-state index < -0.39 is 10.0 Å². The molecular weight excluding hydrogens is 420 g/mol. The van der Waals surface area contributed by atoms with Crippen molar-refractivity contribution in [3.8, 4) is 0 Å². The molecule has 0 aliphatic heterocycles. The summed E-state index contributed by atoms with van der Waals surface area (Å²) in [5.74, 6) is -0.267. The molecule has 0 saturated heterocycles. The average molecular weight is 443 g/mol. The van der Waals surface area contributed by atoms with Crippen LogP contribution in [0.5, 0.6) is 0 Å². The van der Waals surface area contributed by atoms with Crippen LogP contribution in [0.1, 0.15) is 27.0 Å². The van der Waals surface area contributed by atoms with Crippen LogP contribution in [0.4, 0.5) is 5.69 Å². The Kier molecular flexibility index (Phi) is 6.48. The van der Waals surface area contributed by atoms with E-state index in [1.807, 2.05) is 25.1 Å². The van der Waals surface area contributed by atoms with Gasteiger partial charge in [0.2, 0.25) is 0 Å². The maximum absolute atomic E-state index is 13.0. The first-order valence-corrected chi connectivity index (χ1v) is 11.2. The summed E-state index contributed by atoms with van der Waals surface area (Å²) in [6.45, 7) is 3.98. The Labute approximate surface area is 182 Å². The Bertz CT molecular complexity index is 1180. The molecule has 0 heterocycles. The average Bonchev–Trinajstić information content (AvgIpc) is 2.69. The highest BCUT2D eigenvalue weighted by Crippen LogP contribution is 2.22. The van der Waals surface area contributed by atoms with E-state index in [1.165, 1.54) is 11.0 Å². The molecule has 0 radical (unpaired) electrons. The smallest absolute Gasteiger partial charge is 0.262 e. The molecule has 1 amide bonds. The Balaban J connectivity index is 1.84. The minimum absolute atomic E-state index is 0.0785. The molecule has 0 aliphatic rings. The predicted octanol–water partition coefficient (Wildman–Crippen LogP) is 5.03. The largest absolute Gasteiger partial charge is 0.337 e. The summed E-state index contributed by atoms with van der Waals surface area (Å²) in [7, 11) is -2.16. The minimum atomic E-state index is -3.84. The number of carbonyl (C=O) groups excluding carboxylic acids is 1. The van der Waals surface area contributed by atoms with Gasteiger partial charge in [0, 0.05) is 29.9 Å². The van der Waals surface area contributed by atoms with Crippen molar-refractivity contribution in [1.82, 2.24) is 4.90 Å². The number of nitrogens with zero attached hydrogens (tertiary/aromatic N) is 1. The number of carbonyl (C=O) groups is 1. The van der Waals surface area contributed by atoms with Gasteiger partial charge in [-0.3, -0.25) is 9.52 Å². The van der Waals surface area contributed by atoms with E-state index in [4.69, 9.17) is 11.6 Å². The summed E-state index contributed by atoms with van der Waals surface area (Å²) in [5.41, 5.74) is 3.22. The van der Waals surface area contributed by atoms with Gasteiger partial charge in [-0.15, -0.1) is 0 Å². The molecule has 0 aromatic heterocycles. The number of halogens is 1. The van der Waals surface area contributed by atoms with E-state index in [9.17, 15) is 13.2 Å². The maximum atomic E-state index is 13.0. The molecular formula is C23H23ClN2O3S. The van der Waals surface area contributed by atoms with Crippen LogP contribution in [-0.2, 0) is 16.6 Å². The van der Waals surface area contributed by atoms with Crippen molar-refractivity contribution >= 4 is 33.2 Å². The van der Waals surface area contributed by atoms with Gasteiger partial charge in [-0.2, -0.15) is 0 Å². The van der Waals surface area contributed by atoms with Gasteiger partial charge in [-0.05, 0) is 66.9 Å². The number of rotatable bonds is 6. The van der Waals surface area contributed by atoms with Crippen LogP contribution in [-0.4, -0.2) is 26.3 Å². The second-order valence-corrected chi connectivity index (χ2v) is 9.33. The summed E-state index contributed by atoms with van der Waals surface area (Å²) in [6, 6.07) is 19.1. The van der Waals surface area contributed by atoms with Crippen LogP contribution < -0.4 is 4.72 Å². The molecule has 0 aliphatic carbocycles. The SMILES string of the molecule is Cc1cccc(NS(=O)(=O)c2cc(C(=O)N(C)Cc3ccc(Cl)cc3)ccc2C)c1. The van der Waals surface area contributed by atoms with Crippen LogP contribution in [0, 0.1) is 13.8 Å². The highest BCUT2D eigenvalue weighted by atomic mass is 35.5. The molecule has 0 bridgehead atoms. The number of hydrogen-bond acceptors (Lipinski definition) is 3. The van der Waals surface area contributed by atoms with Gasteiger partial charge in [-0.1, -0.05) is 41.9 Å². The van der Waals surface area contributed by atoms with Gasteiger partial charge < -0.3 is 4.90 Å². The molecule has 3 aromatic rings. The molecule has 5 nitrogen and oxygen atoms in total. The highest BCUT2D eigenvalue weighted by molar-refractivity contribution is 7.92. The molecule has 3 rings (SSSR count). The molecule has 156 valence electrons. The quantitative estimate of drug-likeness (QED) is 0.582. The third kappa shape index (κ3) is 5.20. The van der Waals surface area contributed by atoms with Crippen LogP contribution in [0.2, 0.25) is 5.02 Å². The number of aryl methyl sites for hydroxylation is 2. The molecule has 1 N–H and O–H groups in total. The van der Waals surface area contributed by atoms with E-state index in [2.05, 4.69) is 4.72 Å². The first kappa shape index (κ1) is 21.9. The number of hydrogen-bond donors (Lipinski definition) is 1.